The first kappa shape index (κ1) is 14.1. The SMILES string of the molecule is COc1ccc(C(C)N=Nc2cccc(OC)c2)cc1. The Hall–Kier alpha value is -2.36. The molecule has 104 valence electrons. The summed E-state index contributed by atoms with van der Waals surface area (Å²) < 4.78 is 10.3. The summed E-state index contributed by atoms with van der Waals surface area (Å²) >= 11 is 0. The van der Waals surface area contributed by atoms with Crippen LogP contribution in [0.25, 0.3) is 0 Å². The lowest BCUT2D eigenvalue weighted by molar-refractivity contribution is 0.414. The maximum atomic E-state index is 5.16. The molecule has 0 saturated carbocycles. The van der Waals surface area contributed by atoms with Crippen molar-refractivity contribution in [3.63, 3.8) is 0 Å². The molecule has 0 aliphatic rings. The van der Waals surface area contributed by atoms with Gasteiger partial charge in [-0.3, -0.25) is 0 Å². The lowest BCUT2D eigenvalue weighted by Gasteiger charge is -2.06. The van der Waals surface area contributed by atoms with Gasteiger partial charge in [-0.25, -0.2) is 0 Å². The average molecular weight is 270 g/mol. The quantitative estimate of drug-likeness (QED) is 0.748. The van der Waals surface area contributed by atoms with E-state index in [-0.39, 0.29) is 6.04 Å². The van der Waals surface area contributed by atoms with Crippen molar-refractivity contribution in [2.75, 3.05) is 14.2 Å². The number of nitrogens with zero attached hydrogens (tertiary/aromatic N) is 2. The smallest absolute Gasteiger partial charge is 0.121 e. The van der Waals surface area contributed by atoms with Crippen molar-refractivity contribution in [1.29, 1.82) is 0 Å². The Kier molecular flexibility index (Phi) is 4.71. The molecule has 0 N–H and O–H groups in total. The zero-order chi connectivity index (χ0) is 14.4. The summed E-state index contributed by atoms with van der Waals surface area (Å²) in [5.74, 6) is 1.62. The van der Waals surface area contributed by atoms with Gasteiger partial charge in [-0.15, -0.1) is 0 Å². The van der Waals surface area contributed by atoms with Crippen molar-refractivity contribution < 1.29 is 9.47 Å². The summed E-state index contributed by atoms with van der Waals surface area (Å²) in [6, 6.07) is 15.3. The van der Waals surface area contributed by atoms with Gasteiger partial charge >= 0.3 is 0 Å². The first-order chi connectivity index (χ1) is 9.72. The van der Waals surface area contributed by atoms with Crippen LogP contribution < -0.4 is 9.47 Å². The van der Waals surface area contributed by atoms with Crippen LogP contribution in [-0.4, -0.2) is 14.2 Å². The van der Waals surface area contributed by atoms with Crippen molar-refractivity contribution >= 4 is 5.69 Å². The van der Waals surface area contributed by atoms with Gasteiger partial charge in [0.15, 0.2) is 0 Å². The molecule has 2 aromatic carbocycles. The van der Waals surface area contributed by atoms with Crippen LogP contribution in [0.1, 0.15) is 18.5 Å². The molecule has 0 fully saturated rings. The van der Waals surface area contributed by atoms with Gasteiger partial charge in [-0.05, 0) is 36.8 Å². The lowest BCUT2D eigenvalue weighted by Crippen LogP contribution is -1.89. The third kappa shape index (κ3) is 3.57. The van der Waals surface area contributed by atoms with Gasteiger partial charge < -0.3 is 9.47 Å². The number of hydrogen-bond donors (Lipinski definition) is 0. The second kappa shape index (κ2) is 6.70. The maximum Gasteiger partial charge on any atom is 0.121 e. The van der Waals surface area contributed by atoms with Crippen LogP contribution >= 0.6 is 0 Å². The summed E-state index contributed by atoms with van der Waals surface area (Å²) in [5, 5.41) is 8.57. The van der Waals surface area contributed by atoms with Crippen LogP contribution in [0.5, 0.6) is 11.5 Å². The molecular weight excluding hydrogens is 252 g/mol. The summed E-state index contributed by atoms with van der Waals surface area (Å²) in [6.07, 6.45) is 0. The van der Waals surface area contributed by atoms with E-state index in [0.717, 1.165) is 22.7 Å². The molecule has 0 saturated heterocycles. The highest BCUT2D eigenvalue weighted by Gasteiger charge is 2.03. The third-order valence-corrected chi connectivity index (χ3v) is 3.00. The molecule has 0 spiro atoms. The van der Waals surface area contributed by atoms with E-state index in [0.29, 0.717) is 0 Å². The standard InChI is InChI=1S/C16H18N2O2/c1-12(13-7-9-15(19-2)10-8-13)17-18-14-5-4-6-16(11-14)20-3/h4-12H,1-3H3. The van der Waals surface area contributed by atoms with Crippen LogP contribution in [0, 0.1) is 0 Å². The number of ether oxygens (including phenoxy) is 2. The molecule has 0 aliphatic carbocycles. The second-order valence-corrected chi connectivity index (χ2v) is 4.37. The molecule has 0 aliphatic heterocycles. The molecular formula is C16H18N2O2. The molecule has 4 nitrogen and oxygen atoms in total. The Morgan fingerprint density at radius 3 is 2.25 bits per heavy atom. The van der Waals surface area contributed by atoms with Gasteiger partial charge in [0.1, 0.15) is 11.5 Å². The van der Waals surface area contributed by atoms with E-state index in [1.54, 1.807) is 14.2 Å². The largest absolute Gasteiger partial charge is 0.497 e. The minimum Gasteiger partial charge on any atom is -0.497 e. The fourth-order valence-corrected chi connectivity index (χ4v) is 1.78. The van der Waals surface area contributed by atoms with Crippen LogP contribution in [0.15, 0.2) is 58.8 Å². The van der Waals surface area contributed by atoms with E-state index in [4.69, 9.17) is 9.47 Å². The number of methoxy groups -OCH3 is 2. The molecule has 0 heterocycles. The van der Waals surface area contributed by atoms with Gasteiger partial charge in [0.25, 0.3) is 0 Å². The van der Waals surface area contributed by atoms with Gasteiger partial charge in [0, 0.05) is 6.07 Å². The lowest BCUT2D eigenvalue weighted by atomic mass is 10.1. The first-order valence-electron chi connectivity index (χ1n) is 6.42. The normalized spacial score (nSPS) is 12.3. The monoisotopic (exact) mass is 270 g/mol. The molecule has 0 aromatic heterocycles. The van der Waals surface area contributed by atoms with E-state index in [1.165, 1.54) is 0 Å². The van der Waals surface area contributed by atoms with Crippen molar-refractivity contribution in [2.24, 2.45) is 10.2 Å². The van der Waals surface area contributed by atoms with Crippen molar-refractivity contribution in [3.8, 4) is 11.5 Å². The van der Waals surface area contributed by atoms with E-state index in [1.807, 2.05) is 55.5 Å². The molecule has 0 bridgehead atoms. The van der Waals surface area contributed by atoms with Gasteiger partial charge in [0.05, 0.1) is 25.9 Å². The number of benzene rings is 2. The fourth-order valence-electron chi connectivity index (χ4n) is 1.78. The van der Waals surface area contributed by atoms with Gasteiger partial charge in [0.2, 0.25) is 0 Å². The van der Waals surface area contributed by atoms with Crippen molar-refractivity contribution in [1.82, 2.24) is 0 Å². The topological polar surface area (TPSA) is 43.2 Å². The van der Waals surface area contributed by atoms with Gasteiger partial charge in [-0.1, -0.05) is 18.2 Å². The van der Waals surface area contributed by atoms with Crippen molar-refractivity contribution in [3.05, 3.63) is 54.1 Å². The number of hydrogen-bond acceptors (Lipinski definition) is 4. The molecule has 2 rings (SSSR count). The zero-order valence-corrected chi connectivity index (χ0v) is 11.9. The Morgan fingerprint density at radius 1 is 0.900 bits per heavy atom. The predicted molar refractivity (Wildman–Crippen MR) is 78.9 cm³/mol. The van der Waals surface area contributed by atoms with Crippen molar-refractivity contribution in [2.45, 2.75) is 13.0 Å². The minimum absolute atomic E-state index is 0.00731. The highest BCUT2D eigenvalue weighted by Crippen LogP contribution is 2.24. The molecule has 1 atom stereocenters. The molecule has 0 amide bonds. The first-order valence-corrected chi connectivity index (χ1v) is 6.42. The Bertz CT molecular complexity index is 579. The zero-order valence-electron chi connectivity index (χ0n) is 11.9. The molecule has 4 heteroatoms. The van der Waals surface area contributed by atoms with Crippen LogP contribution in [-0.2, 0) is 0 Å². The van der Waals surface area contributed by atoms with E-state index in [2.05, 4.69) is 10.2 Å². The van der Waals surface area contributed by atoms with E-state index < -0.39 is 0 Å². The Labute approximate surface area is 119 Å². The van der Waals surface area contributed by atoms with Crippen LogP contribution in [0.4, 0.5) is 5.69 Å². The molecule has 0 radical (unpaired) electrons. The Morgan fingerprint density at radius 2 is 1.60 bits per heavy atom. The number of rotatable bonds is 5. The fraction of sp³-hybridized carbons (Fsp3) is 0.250. The van der Waals surface area contributed by atoms with Crippen LogP contribution in [0.3, 0.4) is 0 Å². The molecule has 1 unspecified atom stereocenters. The maximum absolute atomic E-state index is 5.16. The predicted octanol–water partition coefficient (Wildman–Crippen LogP) is 4.55. The Balaban J connectivity index is 2.08. The molecule has 2 aromatic rings. The molecule has 20 heavy (non-hydrogen) atoms. The second-order valence-electron chi connectivity index (χ2n) is 4.37. The summed E-state index contributed by atoms with van der Waals surface area (Å²) in [5.41, 5.74) is 1.88. The summed E-state index contributed by atoms with van der Waals surface area (Å²) in [4.78, 5) is 0. The van der Waals surface area contributed by atoms with E-state index >= 15 is 0 Å². The average Bonchev–Trinajstić information content (AvgIpc) is 2.53. The summed E-state index contributed by atoms with van der Waals surface area (Å²) in [7, 11) is 3.29. The van der Waals surface area contributed by atoms with E-state index in [9.17, 15) is 0 Å². The number of azo groups is 1. The highest BCUT2D eigenvalue weighted by atomic mass is 16.5. The minimum atomic E-state index is -0.00731. The third-order valence-electron chi connectivity index (χ3n) is 3.00. The summed E-state index contributed by atoms with van der Waals surface area (Å²) in [6.45, 7) is 2.01. The van der Waals surface area contributed by atoms with Gasteiger partial charge in [-0.2, -0.15) is 10.2 Å². The highest BCUT2D eigenvalue weighted by molar-refractivity contribution is 5.42. The van der Waals surface area contributed by atoms with Crippen LogP contribution in [0.2, 0.25) is 0 Å².